The van der Waals surface area contributed by atoms with Crippen LogP contribution in [0.3, 0.4) is 0 Å². The predicted octanol–water partition coefficient (Wildman–Crippen LogP) is 2.17. The van der Waals surface area contributed by atoms with E-state index in [4.69, 9.17) is 0 Å². The molecule has 0 radical (unpaired) electrons. The van der Waals surface area contributed by atoms with E-state index in [1.165, 1.54) is 11.0 Å². The van der Waals surface area contributed by atoms with Gasteiger partial charge < -0.3 is 4.90 Å². The smallest absolute Gasteiger partial charge is 0.245 e. The fourth-order valence-electron chi connectivity index (χ4n) is 0.183. The Morgan fingerprint density at radius 1 is 1.30 bits per heavy atom. The molecule has 0 fully saturated rings. The number of nitrogens with zero attached hydrogens (tertiary/aromatic N) is 1. The van der Waals surface area contributed by atoms with Crippen LogP contribution in [0.5, 0.6) is 0 Å². The average molecular weight is 147 g/mol. The molecule has 1 amide bonds. The molecule has 0 rings (SSSR count). The molecule has 0 unspecified atom stereocenters. The molecule has 2 heteroatoms. The number of likely N-dealkylation sites (N-methyl/N-ethyl adjacent to an activating group) is 1. The molecule has 0 atom stereocenters. The first-order valence-electron chi connectivity index (χ1n) is 2.02. The van der Waals surface area contributed by atoms with Gasteiger partial charge in [0.1, 0.15) is 0 Å². The predicted molar refractivity (Wildman–Crippen MR) is 49.1 cm³/mol. The number of carbonyl (C=O) groups excluding carboxylic acids is 1. The largest absolute Gasteiger partial charge is 0.345 e. The van der Waals surface area contributed by atoms with E-state index in [0.29, 0.717) is 0 Å². The van der Waals surface area contributed by atoms with E-state index < -0.39 is 0 Å². The zero-order valence-corrected chi connectivity index (χ0v) is 4.64. The van der Waals surface area contributed by atoms with Crippen molar-refractivity contribution in [2.24, 2.45) is 0 Å². The zero-order chi connectivity index (χ0) is 5.86. The second-order valence-corrected chi connectivity index (χ2v) is 1.44. The maximum absolute atomic E-state index is 10.3. The van der Waals surface area contributed by atoms with Gasteiger partial charge in [0.2, 0.25) is 5.91 Å². The van der Waals surface area contributed by atoms with E-state index in [0.717, 1.165) is 0 Å². The van der Waals surface area contributed by atoms with Crippen molar-refractivity contribution in [2.45, 2.75) is 22.3 Å². The molecule has 2 nitrogen and oxygen atoms in total. The Kier molecular flexibility index (Phi) is 25.3. The Morgan fingerprint density at radius 3 is 1.60 bits per heavy atom. The molecule has 0 spiro atoms. The van der Waals surface area contributed by atoms with Gasteiger partial charge in [-0.3, -0.25) is 4.79 Å². The number of rotatable bonds is 1. The maximum Gasteiger partial charge on any atom is 0.245 e. The molecule has 0 saturated heterocycles. The lowest BCUT2D eigenvalue weighted by atomic mass is 10.5. The Morgan fingerprint density at radius 2 is 1.60 bits per heavy atom. The zero-order valence-electron chi connectivity index (χ0n) is 4.64. The van der Waals surface area contributed by atoms with Gasteiger partial charge in [-0.1, -0.05) is 28.9 Å². The van der Waals surface area contributed by atoms with Crippen molar-refractivity contribution in [1.82, 2.24) is 4.90 Å². The SMILES string of the molecule is C.C.C.C=CC(=O)N(C)C. The molecule has 0 aromatic rings. The fourth-order valence-corrected chi connectivity index (χ4v) is 0.183. The number of amides is 1. The maximum atomic E-state index is 10.3. The van der Waals surface area contributed by atoms with Crippen molar-refractivity contribution in [2.75, 3.05) is 14.1 Å². The van der Waals surface area contributed by atoms with Crippen molar-refractivity contribution in [1.29, 1.82) is 0 Å². The first kappa shape index (κ1) is 22.9. The van der Waals surface area contributed by atoms with Gasteiger partial charge in [-0.15, -0.1) is 0 Å². The van der Waals surface area contributed by atoms with Crippen LogP contribution in [-0.2, 0) is 4.79 Å². The topological polar surface area (TPSA) is 20.3 Å². The minimum Gasteiger partial charge on any atom is -0.345 e. The van der Waals surface area contributed by atoms with Crippen LogP contribution in [0.2, 0.25) is 0 Å². The Balaban J connectivity index is -0.0000000600. The molecule has 0 bridgehead atoms. The van der Waals surface area contributed by atoms with Gasteiger partial charge in [-0.25, -0.2) is 0 Å². The van der Waals surface area contributed by atoms with Crippen LogP contribution in [0.25, 0.3) is 0 Å². The minimum absolute atomic E-state index is 0. The lowest BCUT2D eigenvalue weighted by Crippen LogP contribution is -2.18. The van der Waals surface area contributed by atoms with E-state index in [-0.39, 0.29) is 28.2 Å². The molecular weight excluding hydrogens is 126 g/mol. The normalized spacial score (nSPS) is 5.40. The molecule has 64 valence electrons. The summed E-state index contributed by atoms with van der Waals surface area (Å²) in [6.45, 7) is 3.29. The van der Waals surface area contributed by atoms with E-state index in [9.17, 15) is 4.79 Å². The molecule has 0 heterocycles. The quantitative estimate of drug-likeness (QED) is 0.520. The Bertz CT molecular complexity index is 87.3. The van der Waals surface area contributed by atoms with Crippen molar-refractivity contribution in [3.8, 4) is 0 Å². The summed E-state index contributed by atoms with van der Waals surface area (Å²) in [7, 11) is 3.37. The van der Waals surface area contributed by atoms with Crippen LogP contribution < -0.4 is 0 Å². The molecule has 0 aromatic heterocycles. The second-order valence-electron chi connectivity index (χ2n) is 1.44. The summed E-state index contributed by atoms with van der Waals surface area (Å²) in [5.41, 5.74) is 0. The molecule has 10 heavy (non-hydrogen) atoms. The van der Waals surface area contributed by atoms with Gasteiger partial charge >= 0.3 is 0 Å². The summed E-state index contributed by atoms with van der Waals surface area (Å²) < 4.78 is 0. The van der Waals surface area contributed by atoms with Crippen LogP contribution in [0, 0.1) is 0 Å². The highest BCUT2D eigenvalue weighted by Crippen LogP contribution is 1.74. The van der Waals surface area contributed by atoms with Gasteiger partial charge in [0, 0.05) is 14.1 Å². The van der Waals surface area contributed by atoms with Gasteiger partial charge in [0.25, 0.3) is 0 Å². The lowest BCUT2D eigenvalue weighted by molar-refractivity contribution is -0.123. The monoisotopic (exact) mass is 147 g/mol. The number of hydrogen-bond acceptors (Lipinski definition) is 1. The molecule has 0 saturated carbocycles. The summed E-state index contributed by atoms with van der Waals surface area (Å²) in [6, 6.07) is 0. The third-order valence-corrected chi connectivity index (χ3v) is 0.615. The lowest BCUT2D eigenvalue weighted by Gasteiger charge is -2.03. The van der Waals surface area contributed by atoms with Crippen molar-refractivity contribution in [3.63, 3.8) is 0 Å². The molecule has 0 aliphatic heterocycles. The highest BCUT2D eigenvalue weighted by Gasteiger charge is 1.91. The first-order chi connectivity index (χ1) is 3.18. The van der Waals surface area contributed by atoms with E-state index in [1.54, 1.807) is 14.1 Å². The average Bonchev–Trinajstić information content (AvgIpc) is 1.65. The van der Waals surface area contributed by atoms with Crippen LogP contribution in [0.15, 0.2) is 12.7 Å². The fraction of sp³-hybridized carbons (Fsp3) is 0.625. The third kappa shape index (κ3) is 10.2. The van der Waals surface area contributed by atoms with Crippen molar-refractivity contribution < 1.29 is 4.79 Å². The first-order valence-corrected chi connectivity index (χ1v) is 2.02. The van der Waals surface area contributed by atoms with Gasteiger partial charge in [0.05, 0.1) is 0 Å². The standard InChI is InChI=1S/C5H9NO.3CH4/c1-4-5(7)6(2)3;;;/h4H,1H2,2-3H3;3*1H4. The second kappa shape index (κ2) is 11.1. The molecule has 0 aliphatic rings. The Hall–Kier alpha value is -0.790. The summed E-state index contributed by atoms with van der Waals surface area (Å²) in [6.07, 6.45) is 1.28. The third-order valence-electron chi connectivity index (χ3n) is 0.615. The Labute approximate surface area is 65.5 Å². The van der Waals surface area contributed by atoms with Crippen molar-refractivity contribution in [3.05, 3.63) is 12.7 Å². The van der Waals surface area contributed by atoms with Crippen LogP contribution in [-0.4, -0.2) is 24.9 Å². The van der Waals surface area contributed by atoms with E-state index >= 15 is 0 Å². The molecular formula is C8H21NO. The van der Waals surface area contributed by atoms with Gasteiger partial charge in [-0.2, -0.15) is 0 Å². The number of hydrogen-bond donors (Lipinski definition) is 0. The summed E-state index contributed by atoms with van der Waals surface area (Å²) in [5.74, 6) is -0.0556. The molecule has 0 N–H and O–H groups in total. The summed E-state index contributed by atoms with van der Waals surface area (Å²) >= 11 is 0. The summed E-state index contributed by atoms with van der Waals surface area (Å²) in [5, 5.41) is 0. The minimum atomic E-state index is -0.0556. The van der Waals surface area contributed by atoms with Crippen molar-refractivity contribution >= 4 is 5.91 Å². The van der Waals surface area contributed by atoms with E-state index in [1.807, 2.05) is 0 Å². The van der Waals surface area contributed by atoms with Crippen LogP contribution in [0.1, 0.15) is 22.3 Å². The van der Waals surface area contributed by atoms with E-state index in [2.05, 4.69) is 6.58 Å². The van der Waals surface area contributed by atoms with Gasteiger partial charge in [0.15, 0.2) is 0 Å². The molecule has 0 aliphatic carbocycles. The number of carbonyl (C=O) groups is 1. The van der Waals surface area contributed by atoms with Crippen LogP contribution >= 0.6 is 0 Å². The van der Waals surface area contributed by atoms with Gasteiger partial charge in [-0.05, 0) is 6.08 Å². The van der Waals surface area contributed by atoms with Crippen LogP contribution in [0.4, 0.5) is 0 Å². The molecule has 0 aromatic carbocycles. The summed E-state index contributed by atoms with van der Waals surface area (Å²) in [4.78, 5) is 11.8. The highest BCUT2D eigenvalue weighted by atomic mass is 16.2. The highest BCUT2D eigenvalue weighted by molar-refractivity contribution is 5.86.